The third-order valence-electron chi connectivity index (χ3n) is 0.723. The Morgan fingerprint density at radius 2 is 2.00 bits per heavy atom. The number of primary amides is 1. The number of carbonyl (C=O) groups is 2. The average Bonchev–Trinajstić information content (AvgIpc) is 1.83. The molecule has 0 heterocycles. The summed E-state index contributed by atoms with van der Waals surface area (Å²) in [5, 5.41) is 7.90. The van der Waals surface area contributed by atoms with Gasteiger partial charge in [0.05, 0.1) is 0 Å². The zero-order valence-electron chi connectivity index (χ0n) is 6.76. The Bertz CT molecular complexity index is 133. The first-order valence-electron chi connectivity index (χ1n) is 2.38. The molecule has 54 valence electrons. The van der Waals surface area contributed by atoms with Gasteiger partial charge in [0.15, 0.2) is 0 Å². The maximum absolute atomic E-state index is 10.1. The molecule has 0 fully saturated rings. The fraction of sp³-hybridized carbons (Fsp3) is 0.500. The molecule has 0 rings (SSSR count). The molecule has 0 bridgehead atoms. The van der Waals surface area contributed by atoms with E-state index in [1.54, 1.807) is 0 Å². The molecule has 4 N–H and O–H groups in total. The van der Waals surface area contributed by atoms with Gasteiger partial charge < -0.3 is 7.16 Å². The molecular weight excluding hydrogens is 147 g/mol. The Hall–Kier alpha value is -0.100. The van der Waals surface area contributed by atoms with Crippen LogP contribution in [0.3, 0.4) is 0 Å². The Morgan fingerprint density at radius 1 is 1.50 bits per heavy atom. The summed E-state index contributed by atoms with van der Waals surface area (Å²) in [6, 6.07) is 0. The van der Waals surface area contributed by atoms with E-state index in [4.69, 9.17) is 10.9 Å². The molecule has 0 aliphatic heterocycles. The van der Waals surface area contributed by atoms with E-state index in [9.17, 15) is 9.59 Å². The summed E-state index contributed by atoms with van der Waals surface area (Å²) in [5.74, 6) is -1.16. The molecule has 0 saturated heterocycles. The molecule has 0 atom stereocenters. The number of carbonyl (C=O) groups excluding carboxylic acids is 2. The summed E-state index contributed by atoms with van der Waals surface area (Å²) in [6.07, 6.45) is -0.0990. The molecule has 5 nitrogen and oxygen atoms in total. The Kier molecular flexibility index (Phi) is 8.81. The average molecular weight is 156 g/mol. The molecule has 0 aliphatic carbocycles. The number of hydrogen-bond acceptors (Lipinski definition) is 3. The van der Waals surface area contributed by atoms with Crippen molar-refractivity contribution in [3.8, 4) is 0 Å². The van der Waals surface area contributed by atoms with E-state index >= 15 is 0 Å². The van der Waals surface area contributed by atoms with E-state index in [2.05, 4.69) is 0 Å². The second kappa shape index (κ2) is 7.01. The number of rotatable bonds is 3. The van der Waals surface area contributed by atoms with Crippen molar-refractivity contribution < 1.29 is 45.8 Å². The summed E-state index contributed by atoms with van der Waals surface area (Å²) in [5.41, 5.74) is 6.07. The van der Waals surface area contributed by atoms with Crippen molar-refractivity contribution in [2.45, 2.75) is 12.8 Å². The van der Waals surface area contributed by atoms with Crippen LogP contribution in [0.25, 0.3) is 0 Å². The molecule has 0 aliphatic rings. The number of nitrogens with two attached hydrogens (primary N) is 1. The van der Waals surface area contributed by atoms with Crippen molar-refractivity contribution in [1.82, 2.24) is 5.48 Å². The predicted octanol–water partition coefficient (Wildman–Crippen LogP) is -4.13. The van der Waals surface area contributed by atoms with Gasteiger partial charge in [-0.25, -0.2) is 5.48 Å². The standard InChI is InChI=1S/C4H8N2O3.Na.H/c5-3(7)1-2-4(8)6-9;;/h9H,1-2H2,(H2,5,7)(H,6,8);;/q;+1;-1. The van der Waals surface area contributed by atoms with Crippen LogP contribution in [-0.2, 0) is 9.59 Å². The van der Waals surface area contributed by atoms with Gasteiger partial charge in [-0.2, -0.15) is 0 Å². The van der Waals surface area contributed by atoms with Gasteiger partial charge >= 0.3 is 29.6 Å². The minimum atomic E-state index is -0.603. The summed E-state index contributed by atoms with van der Waals surface area (Å²) in [7, 11) is 0. The molecular formula is C4H9N2NaO3. The Morgan fingerprint density at radius 3 is 2.30 bits per heavy atom. The van der Waals surface area contributed by atoms with Crippen LogP contribution in [0.5, 0.6) is 0 Å². The van der Waals surface area contributed by atoms with Gasteiger partial charge in [0.25, 0.3) is 0 Å². The maximum atomic E-state index is 10.1. The van der Waals surface area contributed by atoms with E-state index in [1.807, 2.05) is 0 Å². The molecule has 10 heavy (non-hydrogen) atoms. The van der Waals surface area contributed by atoms with Gasteiger partial charge in [-0.05, 0) is 0 Å². The zero-order chi connectivity index (χ0) is 7.28. The summed E-state index contributed by atoms with van der Waals surface area (Å²) in [4.78, 5) is 20.1. The van der Waals surface area contributed by atoms with Crippen LogP contribution in [0.4, 0.5) is 0 Å². The second-order valence-electron chi connectivity index (χ2n) is 1.50. The number of amides is 2. The summed E-state index contributed by atoms with van der Waals surface area (Å²) < 4.78 is 0. The monoisotopic (exact) mass is 156 g/mol. The number of hydroxylamine groups is 1. The molecule has 0 aromatic rings. The normalized spacial score (nSPS) is 7.70. The van der Waals surface area contributed by atoms with Crippen LogP contribution in [-0.4, -0.2) is 17.0 Å². The first kappa shape index (κ1) is 12.6. The minimum Gasteiger partial charge on any atom is -1.00 e. The van der Waals surface area contributed by atoms with Gasteiger partial charge in [0, 0.05) is 12.8 Å². The molecule has 0 unspecified atom stereocenters. The first-order valence-corrected chi connectivity index (χ1v) is 2.38. The fourth-order valence-corrected chi connectivity index (χ4v) is 0.293. The molecule has 0 radical (unpaired) electrons. The molecule has 2 amide bonds. The summed E-state index contributed by atoms with van der Waals surface area (Å²) in [6.45, 7) is 0. The van der Waals surface area contributed by atoms with Gasteiger partial charge in [-0.15, -0.1) is 0 Å². The Balaban J connectivity index is -0.000000320. The SMILES string of the molecule is NC(=O)CCC(=O)NO.[H-].[Na+]. The van der Waals surface area contributed by atoms with E-state index in [1.165, 1.54) is 5.48 Å². The van der Waals surface area contributed by atoms with Gasteiger partial charge in [0.2, 0.25) is 11.8 Å². The number of nitrogens with one attached hydrogen (secondary N) is 1. The fourth-order valence-electron chi connectivity index (χ4n) is 0.293. The van der Waals surface area contributed by atoms with E-state index < -0.39 is 11.8 Å². The van der Waals surface area contributed by atoms with Gasteiger partial charge in [-0.3, -0.25) is 14.8 Å². The van der Waals surface area contributed by atoms with Crippen molar-refractivity contribution in [3.05, 3.63) is 0 Å². The van der Waals surface area contributed by atoms with Crippen LogP contribution in [0.2, 0.25) is 0 Å². The first-order chi connectivity index (χ1) is 4.16. The van der Waals surface area contributed by atoms with Crippen molar-refractivity contribution in [1.29, 1.82) is 0 Å². The largest absolute Gasteiger partial charge is 1.00 e. The molecule has 0 saturated carbocycles. The second-order valence-corrected chi connectivity index (χ2v) is 1.50. The summed E-state index contributed by atoms with van der Waals surface area (Å²) >= 11 is 0. The predicted molar refractivity (Wildman–Crippen MR) is 29.5 cm³/mol. The molecule has 6 heteroatoms. The van der Waals surface area contributed by atoms with Crippen molar-refractivity contribution in [2.75, 3.05) is 0 Å². The quantitative estimate of drug-likeness (QED) is 0.220. The van der Waals surface area contributed by atoms with Gasteiger partial charge in [0.1, 0.15) is 0 Å². The zero-order valence-corrected chi connectivity index (χ0v) is 7.76. The molecule has 0 aromatic carbocycles. The molecule has 0 spiro atoms. The van der Waals surface area contributed by atoms with Crippen LogP contribution in [0.15, 0.2) is 0 Å². The van der Waals surface area contributed by atoms with Crippen LogP contribution in [0.1, 0.15) is 14.3 Å². The van der Waals surface area contributed by atoms with Crippen molar-refractivity contribution in [2.24, 2.45) is 5.73 Å². The van der Waals surface area contributed by atoms with Crippen LogP contribution >= 0.6 is 0 Å². The van der Waals surface area contributed by atoms with Gasteiger partial charge in [-0.1, -0.05) is 0 Å². The van der Waals surface area contributed by atoms with E-state index in [0.717, 1.165) is 0 Å². The van der Waals surface area contributed by atoms with Crippen molar-refractivity contribution in [3.63, 3.8) is 0 Å². The Labute approximate surface area is 81.7 Å². The number of hydrogen-bond donors (Lipinski definition) is 3. The third-order valence-corrected chi connectivity index (χ3v) is 0.723. The smallest absolute Gasteiger partial charge is 1.00 e. The van der Waals surface area contributed by atoms with Crippen LogP contribution < -0.4 is 40.8 Å². The topological polar surface area (TPSA) is 92.4 Å². The van der Waals surface area contributed by atoms with Crippen LogP contribution in [0, 0.1) is 0 Å². The maximum Gasteiger partial charge on any atom is 1.00 e. The molecule has 0 aromatic heterocycles. The minimum absolute atomic E-state index is 0. The van der Waals surface area contributed by atoms with E-state index in [0.29, 0.717) is 0 Å². The third kappa shape index (κ3) is 7.90. The van der Waals surface area contributed by atoms with E-state index in [-0.39, 0.29) is 43.8 Å². The van der Waals surface area contributed by atoms with Crippen molar-refractivity contribution >= 4 is 11.8 Å².